The molecule has 0 bridgehead atoms. The highest BCUT2D eigenvalue weighted by atomic mass is 35.5. The lowest BCUT2D eigenvalue weighted by atomic mass is 10.2. The molecule has 3 rings (SSSR count). The molecule has 100 valence electrons. The molecule has 0 aliphatic rings. The first-order chi connectivity index (χ1) is 9.63. The predicted molar refractivity (Wildman–Crippen MR) is 78.8 cm³/mol. The van der Waals surface area contributed by atoms with Crippen molar-refractivity contribution in [2.24, 2.45) is 0 Å². The molecule has 1 aromatic carbocycles. The van der Waals surface area contributed by atoms with E-state index in [2.05, 4.69) is 15.3 Å². The van der Waals surface area contributed by atoms with Crippen molar-refractivity contribution in [2.45, 2.75) is 0 Å². The summed E-state index contributed by atoms with van der Waals surface area (Å²) in [6.45, 7) is 0. The van der Waals surface area contributed by atoms with E-state index >= 15 is 0 Å². The lowest BCUT2D eigenvalue weighted by molar-refractivity contribution is -0.384. The van der Waals surface area contributed by atoms with Crippen LogP contribution in [0.1, 0.15) is 0 Å². The zero-order valence-corrected chi connectivity index (χ0v) is 11.5. The van der Waals surface area contributed by atoms with Gasteiger partial charge in [-0.3, -0.25) is 10.1 Å². The molecule has 0 amide bonds. The molecule has 0 spiro atoms. The van der Waals surface area contributed by atoms with Crippen LogP contribution >= 0.6 is 22.9 Å². The number of hydrogen-bond acceptors (Lipinski definition) is 6. The van der Waals surface area contributed by atoms with Crippen LogP contribution in [-0.4, -0.2) is 14.9 Å². The predicted octanol–water partition coefficient (Wildman–Crippen LogP) is 4.00. The molecule has 2 heterocycles. The van der Waals surface area contributed by atoms with E-state index < -0.39 is 4.92 Å². The summed E-state index contributed by atoms with van der Waals surface area (Å²) in [5.41, 5.74) is 0.582. The Bertz CT molecular complexity index is 805. The highest BCUT2D eigenvalue weighted by Crippen LogP contribution is 2.29. The summed E-state index contributed by atoms with van der Waals surface area (Å²) < 4.78 is 0. The van der Waals surface area contributed by atoms with E-state index in [1.807, 2.05) is 11.4 Å². The molecule has 0 fully saturated rings. The Kier molecular flexibility index (Phi) is 3.21. The number of thiophene rings is 1. The van der Waals surface area contributed by atoms with Gasteiger partial charge in [0.25, 0.3) is 5.69 Å². The third-order valence-corrected chi connectivity index (χ3v) is 3.59. The number of nitrogens with one attached hydrogen (secondary N) is 1. The smallest absolute Gasteiger partial charge is 0.271 e. The third kappa shape index (κ3) is 2.40. The van der Waals surface area contributed by atoms with Gasteiger partial charge in [0.2, 0.25) is 5.28 Å². The molecule has 0 aliphatic heterocycles. The van der Waals surface area contributed by atoms with E-state index in [9.17, 15) is 10.1 Å². The third-order valence-electron chi connectivity index (χ3n) is 2.62. The molecule has 0 aliphatic carbocycles. The monoisotopic (exact) mass is 306 g/mol. The van der Waals surface area contributed by atoms with Gasteiger partial charge >= 0.3 is 0 Å². The van der Waals surface area contributed by atoms with Crippen LogP contribution in [0.5, 0.6) is 0 Å². The number of benzene rings is 1. The molecule has 0 unspecified atom stereocenters. The Morgan fingerprint density at radius 3 is 2.95 bits per heavy atom. The highest BCUT2D eigenvalue weighted by molar-refractivity contribution is 7.16. The molecule has 6 nitrogen and oxygen atoms in total. The normalized spacial score (nSPS) is 10.7. The number of anilines is 2. The molecule has 1 N–H and O–H groups in total. The molecule has 8 heteroatoms. The fourth-order valence-corrected chi connectivity index (χ4v) is 2.74. The molecule has 0 radical (unpaired) electrons. The van der Waals surface area contributed by atoms with Crippen molar-refractivity contribution in [2.75, 3.05) is 5.32 Å². The van der Waals surface area contributed by atoms with Gasteiger partial charge in [0.15, 0.2) is 0 Å². The van der Waals surface area contributed by atoms with Crippen molar-refractivity contribution >= 4 is 50.3 Å². The molecule has 0 atom stereocenters. The van der Waals surface area contributed by atoms with Gasteiger partial charge in [0.05, 0.1) is 10.3 Å². The molecular weight excluding hydrogens is 300 g/mol. The Labute approximate surface area is 122 Å². The molecule has 2 aromatic heterocycles. The lowest BCUT2D eigenvalue weighted by Crippen LogP contribution is -1.97. The summed E-state index contributed by atoms with van der Waals surface area (Å²) in [5.74, 6) is 0.529. The summed E-state index contributed by atoms with van der Waals surface area (Å²) in [6, 6.07) is 8.07. The van der Waals surface area contributed by atoms with Crippen molar-refractivity contribution in [1.29, 1.82) is 0 Å². The van der Waals surface area contributed by atoms with Crippen LogP contribution in [0.15, 0.2) is 35.7 Å². The minimum atomic E-state index is -0.446. The average molecular weight is 307 g/mol. The van der Waals surface area contributed by atoms with Gasteiger partial charge in [-0.1, -0.05) is 6.07 Å². The maximum atomic E-state index is 10.8. The van der Waals surface area contributed by atoms with Crippen LogP contribution in [0, 0.1) is 10.1 Å². The van der Waals surface area contributed by atoms with Crippen LogP contribution in [0.2, 0.25) is 5.28 Å². The number of halogens is 1. The SMILES string of the molecule is O=[N+]([O-])c1cccc(Nc2nc(Cl)nc3sccc23)c1. The minimum Gasteiger partial charge on any atom is -0.339 e. The van der Waals surface area contributed by atoms with Crippen molar-refractivity contribution in [3.8, 4) is 0 Å². The summed E-state index contributed by atoms with van der Waals surface area (Å²) in [4.78, 5) is 19.3. The average Bonchev–Trinajstić information content (AvgIpc) is 2.87. The van der Waals surface area contributed by atoms with Gasteiger partial charge < -0.3 is 5.32 Å². The van der Waals surface area contributed by atoms with Crippen molar-refractivity contribution in [3.05, 3.63) is 51.1 Å². The standard InChI is InChI=1S/C12H7ClN4O2S/c13-12-15-10(9-4-5-20-11(9)16-12)14-7-2-1-3-8(6-7)17(18)19/h1-6H,(H,14,15,16). The topological polar surface area (TPSA) is 81.0 Å². The Morgan fingerprint density at radius 1 is 1.30 bits per heavy atom. The van der Waals surface area contributed by atoms with Crippen molar-refractivity contribution < 1.29 is 4.92 Å². The zero-order valence-electron chi connectivity index (χ0n) is 9.91. The Hall–Kier alpha value is -2.25. The van der Waals surface area contributed by atoms with E-state index in [0.717, 1.165) is 10.2 Å². The van der Waals surface area contributed by atoms with E-state index in [4.69, 9.17) is 11.6 Å². The van der Waals surface area contributed by atoms with E-state index in [1.165, 1.54) is 23.5 Å². The number of aromatic nitrogens is 2. The second-order valence-corrected chi connectivity index (χ2v) is 5.15. The zero-order chi connectivity index (χ0) is 14.1. The summed E-state index contributed by atoms with van der Waals surface area (Å²) >= 11 is 7.32. The van der Waals surface area contributed by atoms with Crippen LogP contribution in [0.25, 0.3) is 10.2 Å². The number of nitro groups is 1. The van der Waals surface area contributed by atoms with Crippen molar-refractivity contribution in [1.82, 2.24) is 9.97 Å². The van der Waals surface area contributed by atoms with Gasteiger partial charge in [-0.05, 0) is 29.1 Å². The van der Waals surface area contributed by atoms with Crippen LogP contribution in [0.4, 0.5) is 17.2 Å². The minimum absolute atomic E-state index is 0.0108. The second-order valence-electron chi connectivity index (χ2n) is 3.91. The largest absolute Gasteiger partial charge is 0.339 e. The van der Waals surface area contributed by atoms with E-state index in [-0.39, 0.29) is 11.0 Å². The number of nitro benzene ring substituents is 1. The molecular formula is C12H7ClN4O2S. The fourth-order valence-electron chi connectivity index (χ4n) is 1.76. The van der Waals surface area contributed by atoms with Gasteiger partial charge in [0.1, 0.15) is 10.6 Å². The first kappa shape index (κ1) is 12.8. The highest BCUT2D eigenvalue weighted by Gasteiger charge is 2.10. The number of rotatable bonds is 3. The molecule has 0 saturated heterocycles. The number of hydrogen-bond donors (Lipinski definition) is 1. The molecule has 20 heavy (non-hydrogen) atoms. The summed E-state index contributed by atoms with van der Waals surface area (Å²) in [6.07, 6.45) is 0. The maximum absolute atomic E-state index is 10.8. The van der Waals surface area contributed by atoms with Gasteiger partial charge in [-0.25, -0.2) is 4.98 Å². The first-order valence-corrected chi connectivity index (χ1v) is 6.81. The molecule has 3 aromatic rings. The Morgan fingerprint density at radius 2 is 2.15 bits per heavy atom. The first-order valence-electron chi connectivity index (χ1n) is 5.56. The van der Waals surface area contributed by atoms with E-state index in [0.29, 0.717) is 11.5 Å². The van der Waals surface area contributed by atoms with Crippen LogP contribution in [0.3, 0.4) is 0 Å². The summed E-state index contributed by atoms with van der Waals surface area (Å²) in [7, 11) is 0. The van der Waals surface area contributed by atoms with Gasteiger partial charge in [-0.15, -0.1) is 11.3 Å². The van der Waals surface area contributed by atoms with Crippen LogP contribution < -0.4 is 5.32 Å². The second kappa shape index (κ2) is 5.03. The number of fused-ring (bicyclic) bond motifs is 1. The Balaban J connectivity index is 2.02. The van der Waals surface area contributed by atoms with Gasteiger partial charge in [-0.2, -0.15) is 4.98 Å². The number of non-ortho nitro benzene ring substituents is 1. The fraction of sp³-hybridized carbons (Fsp3) is 0. The number of nitrogens with zero attached hydrogens (tertiary/aromatic N) is 3. The van der Waals surface area contributed by atoms with Crippen molar-refractivity contribution in [3.63, 3.8) is 0 Å². The van der Waals surface area contributed by atoms with E-state index in [1.54, 1.807) is 12.1 Å². The lowest BCUT2D eigenvalue weighted by Gasteiger charge is -2.06. The maximum Gasteiger partial charge on any atom is 0.271 e. The summed E-state index contributed by atoms with van der Waals surface area (Å²) in [5, 5.41) is 16.6. The molecule has 0 saturated carbocycles. The quantitative estimate of drug-likeness (QED) is 0.449. The van der Waals surface area contributed by atoms with Crippen LogP contribution in [-0.2, 0) is 0 Å². The van der Waals surface area contributed by atoms with Gasteiger partial charge in [0, 0.05) is 17.8 Å².